The predicted octanol–water partition coefficient (Wildman–Crippen LogP) is 5.53. The van der Waals surface area contributed by atoms with Crippen LogP contribution in [0.25, 0.3) is 0 Å². The van der Waals surface area contributed by atoms with Crippen LogP contribution in [0.4, 0.5) is 5.69 Å². The lowest BCUT2D eigenvalue weighted by Crippen LogP contribution is -2.20. The number of ether oxygens (including phenoxy) is 4. The Morgan fingerprint density at radius 3 is 2.39 bits per heavy atom. The minimum Gasteiger partial charge on any atom is -0.493 e. The summed E-state index contributed by atoms with van der Waals surface area (Å²) in [6, 6.07) is 15.2. The fraction of sp³-hybridized carbons (Fsp3) is 0.222. The van der Waals surface area contributed by atoms with E-state index >= 15 is 0 Å². The molecule has 3 rings (SSSR count). The topological polar surface area (TPSA) is 107 Å². The van der Waals surface area contributed by atoms with Crippen molar-refractivity contribution in [1.29, 1.82) is 0 Å². The summed E-state index contributed by atoms with van der Waals surface area (Å²) < 4.78 is 22.8. The summed E-state index contributed by atoms with van der Waals surface area (Å²) in [5.41, 5.74) is 4.14. The van der Waals surface area contributed by atoms with Crippen LogP contribution in [0.15, 0.2) is 59.7 Å². The number of benzene rings is 3. The number of carbonyl (C=O) groups is 2. The van der Waals surface area contributed by atoms with Gasteiger partial charge in [-0.2, -0.15) is 5.10 Å². The van der Waals surface area contributed by atoms with E-state index in [9.17, 15) is 9.59 Å². The molecular weight excluding hydrogens is 625 g/mol. The van der Waals surface area contributed by atoms with Crippen LogP contribution in [0, 0.1) is 3.57 Å². The second-order valence-corrected chi connectivity index (χ2v) is 9.39. The summed E-state index contributed by atoms with van der Waals surface area (Å²) in [5, 5.41) is 7.36. The third-order valence-corrected chi connectivity index (χ3v) is 6.05. The third-order valence-electron chi connectivity index (χ3n) is 4.99. The SMILES string of the molecule is CCCOc1ccc(C(=O)N/N=C/c2cc(I)c(OCC(=O)Nc3ccc(Cl)cc3)c(OC)c2)cc1OC. The second kappa shape index (κ2) is 14.4. The average Bonchev–Trinajstić information content (AvgIpc) is 2.92. The second-order valence-electron chi connectivity index (χ2n) is 7.79. The van der Waals surface area contributed by atoms with E-state index in [1.807, 2.05) is 6.92 Å². The molecule has 0 heterocycles. The highest BCUT2D eigenvalue weighted by atomic mass is 127. The van der Waals surface area contributed by atoms with Gasteiger partial charge in [0, 0.05) is 16.3 Å². The summed E-state index contributed by atoms with van der Waals surface area (Å²) >= 11 is 7.95. The molecule has 0 atom stereocenters. The number of anilines is 1. The molecule has 200 valence electrons. The van der Waals surface area contributed by atoms with Gasteiger partial charge in [0.2, 0.25) is 0 Å². The Bertz CT molecular complexity index is 1300. The third kappa shape index (κ3) is 8.25. The largest absolute Gasteiger partial charge is 0.493 e. The van der Waals surface area contributed by atoms with Crippen LogP contribution in [0.3, 0.4) is 0 Å². The van der Waals surface area contributed by atoms with Crippen molar-refractivity contribution >= 4 is 57.9 Å². The molecule has 11 heteroatoms. The van der Waals surface area contributed by atoms with E-state index in [1.165, 1.54) is 20.4 Å². The minimum absolute atomic E-state index is 0.218. The maximum Gasteiger partial charge on any atom is 0.271 e. The van der Waals surface area contributed by atoms with Crippen molar-refractivity contribution in [3.8, 4) is 23.0 Å². The lowest BCUT2D eigenvalue weighted by Gasteiger charge is -2.13. The Labute approximate surface area is 239 Å². The van der Waals surface area contributed by atoms with Crippen LogP contribution in [0.1, 0.15) is 29.3 Å². The number of hydrogen-bond acceptors (Lipinski definition) is 7. The first kappa shape index (κ1) is 29.1. The van der Waals surface area contributed by atoms with Crippen LogP contribution in [-0.2, 0) is 4.79 Å². The van der Waals surface area contributed by atoms with Gasteiger partial charge in [0.1, 0.15) is 0 Å². The minimum atomic E-state index is -0.407. The van der Waals surface area contributed by atoms with Gasteiger partial charge in [-0.3, -0.25) is 9.59 Å². The molecule has 0 spiro atoms. The molecule has 0 unspecified atom stereocenters. The molecule has 0 radical (unpaired) electrons. The maximum atomic E-state index is 12.6. The first-order valence-corrected chi connectivity index (χ1v) is 13.0. The molecule has 0 saturated carbocycles. The Morgan fingerprint density at radius 2 is 1.71 bits per heavy atom. The zero-order valence-electron chi connectivity index (χ0n) is 21.0. The van der Waals surface area contributed by atoms with Crippen LogP contribution in [0.5, 0.6) is 23.0 Å². The quantitative estimate of drug-likeness (QED) is 0.152. The van der Waals surface area contributed by atoms with Crippen molar-refractivity contribution in [1.82, 2.24) is 5.43 Å². The van der Waals surface area contributed by atoms with Gasteiger partial charge in [0.25, 0.3) is 11.8 Å². The van der Waals surface area contributed by atoms with Gasteiger partial charge in [-0.1, -0.05) is 18.5 Å². The number of hydrazone groups is 1. The Kier molecular flexibility index (Phi) is 11.0. The van der Waals surface area contributed by atoms with E-state index in [1.54, 1.807) is 54.6 Å². The predicted molar refractivity (Wildman–Crippen MR) is 155 cm³/mol. The monoisotopic (exact) mass is 651 g/mol. The molecule has 3 aromatic carbocycles. The molecular formula is C27H27ClIN3O6. The average molecular weight is 652 g/mol. The molecule has 2 amide bonds. The lowest BCUT2D eigenvalue weighted by molar-refractivity contribution is -0.118. The fourth-order valence-electron chi connectivity index (χ4n) is 3.19. The van der Waals surface area contributed by atoms with Crippen molar-refractivity contribution < 1.29 is 28.5 Å². The number of methoxy groups -OCH3 is 2. The highest BCUT2D eigenvalue weighted by Gasteiger charge is 2.14. The smallest absolute Gasteiger partial charge is 0.271 e. The fourth-order valence-corrected chi connectivity index (χ4v) is 4.10. The molecule has 0 bridgehead atoms. The number of nitrogens with one attached hydrogen (secondary N) is 2. The van der Waals surface area contributed by atoms with E-state index in [-0.39, 0.29) is 12.5 Å². The summed E-state index contributed by atoms with van der Waals surface area (Å²) in [6.07, 6.45) is 2.34. The molecule has 9 nitrogen and oxygen atoms in total. The summed E-state index contributed by atoms with van der Waals surface area (Å²) in [7, 11) is 3.01. The van der Waals surface area contributed by atoms with Crippen molar-refractivity contribution in [2.24, 2.45) is 5.10 Å². The number of hydrogen-bond donors (Lipinski definition) is 2. The zero-order valence-corrected chi connectivity index (χ0v) is 24.0. The van der Waals surface area contributed by atoms with Gasteiger partial charge in [0.15, 0.2) is 29.6 Å². The zero-order chi connectivity index (χ0) is 27.5. The van der Waals surface area contributed by atoms with Gasteiger partial charge >= 0.3 is 0 Å². The van der Waals surface area contributed by atoms with E-state index in [4.69, 9.17) is 30.5 Å². The number of amides is 2. The molecule has 3 aromatic rings. The highest BCUT2D eigenvalue weighted by molar-refractivity contribution is 14.1. The van der Waals surface area contributed by atoms with Gasteiger partial charge in [-0.15, -0.1) is 0 Å². The first-order valence-electron chi connectivity index (χ1n) is 11.5. The summed E-state index contributed by atoms with van der Waals surface area (Å²) in [6.45, 7) is 2.34. The molecule has 2 N–H and O–H groups in total. The lowest BCUT2D eigenvalue weighted by atomic mass is 10.2. The molecule has 0 aromatic heterocycles. The summed E-state index contributed by atoms with van der Waals surface area (Å²) in [4.78, 5) is 24.8. The van der Waals surface area contributed by atoms with Gasteiger partial charge in [-0.25, -0.2) is 5.43 Å². The first-order chi connectivity index (χ1) is 18.3. The Hall–Kier alpha value is -3.51. The summed E-state index contributed by atoms with van der Waals surface area (Å²) in [5.74, 6) is 1.12. The van der Waals surface area contributed by atoms with Crippen molar-refractivity contribution in [3.63, 3.8) is 0 Å². The highest BCUT2D eigenvalue weighted by Crippen LogP contribution is 2.33. The van der Waals surface area contributed by atoms with E-state index in [0.29, 0.717) is 55.0 Å². The van der Waals surface area contributed by atoms with E-state index in [2.05, 4.69) is 38.4 Å². The normalized spacial score (nSPS) is 10.7. The number of rotatable bonds is 12. The van der Waals surface area contributed by atoms with Crippen LogP contribution < -0.4 is 29.7 Å². The van der Waals surface area contributed by atoms with E-state index < -0.39 is 5.91 Å². The number of halogens is 2. The molecule has 0 saturated heterocycles. The van der Waals surface area contributed by atoms with Crippen molar-refractivity contribution in [3.05, 3.63) is 74.3 Å². The Balaban J connectivity index is 1.62. The standard InChI is InChI=1S/C27H27ClIN3O6/c1-4-11-37-22-10-5-18(14-23(22)35-2)27(34)32-30-15-17-12-21(29)26(24(13-17)36-3)38-16-25(33)31-20-8-6-19(28)7-9-20/h5-10,12-15H,4,11,16H2,1-3H3,(H,31,33)(H,32,34)/b30-15+. The van der Waals surface area contributed by atoms with Crippen LogP contribution in [0.2, 0.25) is 5.02 Å². The molecule has 38 heavy (non-hydrogen) atoms. The number of nitrogens with zero attached hydrogens (tertiary/aromatic N) is 1. The molecule has 0 aliphatic rings. The van der Waals surface area contributed by atoms with Gasteiger partial charge in [0.05, 0.1) is 30.6 Å². The Morgan fingerprint density at radius 1 is 0.974 bits per heavy atom. The van der Waals surface area contributed by atoms with Crippen LogP contribution >= 0.6 is 34.2 Å². The molecule has 0 fully saturated rings. The van der Waals surface area contributed by atoms with Crippen LogP contribution in [-0.4, -0.2) is 45.5 Å². The molecule has 0 aliphatic heterocycles. The van der Waals surface area contributed by atoms with Gasteiger partial charge in [-0.05, 0) is 89.2 Å². The van der Waals surface area contributed by atoms with Gasteiger partial charge < -0.3 is 24.3 Å². The van der Waals surface area contributed by atoms with Crippen molar-refractivity contribution in [2.45, 2.75) is 13.3 Å². The maximum absolute atomic E-state index is 12.6. The van der Waals surface area contributed by atoms with E-state index in [0.717, 1.165) is 6.42 Å². The molecule has 0 aliphatic carbocycles. The number of carbonyl (C=O) groups excluding carboxylic acids is 2. The van der Waals surface area contributed by atoms with Crippen molar-refractivity contribution in [2.75, 3.05) is 32.8 Å².